The van der Waals surface area contributed by atoms with E-state index in [9.17, 15) is 9.59 Å². The predicted octanol–water partition coefficient (Wildman–Crippen LogP) is 15.6. The quantitative estimate of drug-likeness (QED) is 0.0351. The van der Waals surface area contributed by atoms with Crippen molar-refractivity contribution in [3.8, 4) is 0 Å². The standard InChI is InChI=1S/C51H88O5/c1-4-7-10-13-16-19-22-24-25-26-28-31-34-37-40-43-46-54-47-49(56-51(53)45-42-39-36-33-29-21-18-15-12-9-6-3)48-55-50(52)44-41-38-35-32-30-27-23-20-17-14-11-8-5-2/h7,10,15-16,18-19,24-25,28,31,37,40,49H,4-6,8-9,11-14,17,20-23,26-27,29-30,32-36,38-39,41-48H2,1-3H3/b10-7-,18-15-,19-16-,25-24-,31-28-,40-37-. The van der Waals surface area contributed by atoms with Gasteiger partial charge in [0, 0.05) is 12.8 Å². The zero-order chi connectivity index (χ0) is 40.7. The van der Waals surface area contributed by atoms with Crippen LogP contribution in [0.1, 0.15) is 213 Å². The fourth-order valence-corrected chi connectivity index (χ4v) is 6.26. The number of unbranched alkanes of at least 4 members (excludes halogenated alkanes) is 19. The van der Waals surface area contributed by atoms with Gasteiger partial charge in [0.05, 0.1) is 13.2 Å². The van der Waals surface area contributed by atoms with Gasteiger partial charge in [0.1, 0.15) is 6.61 Å². The van der Waals surface area contributed by atoms with Crippen LogP contribution in [0.15, 0.2) is 72.9 Å². The van der Waals surface area contributed by atoms with Crippen LogP contribution in [-0.4, -0.2) is 37.9 Å². The Morgan fingerprint density at radius 1 is 0.411 bits per heavy atom. The molecule has 0 amide bonds. The van der Waals surface area contributed by atoms with E-state index in [1.807, 2.05) is 0 Å². The molecule has 5 nitrogen and oxygen atoms in total. The Bertz CT molecular complexity index is 1020. The lowest BCUT2D eigenvalue weighted by Crippen LogP contribution is -2.30. The van der Waals surface area contributed by atoms with E-state index in [2.05, 4.69) is 93.7 Å². The number of carbonyl (C=O) groups is 2. The van der Waals surface area contributed by atoms with Gasteiger partial charge < -0.3 is 14.2 Å². The largest absolute Gasteiger partial charge is 0.462 e. The minimum absolute atomic E-state index is 0.0520. The minimum atomic E-state index is -0.578. The van der Waals surface area contributed by atoms with Crippen molar-refractivity contribution in [1.29, 1.82) is 0 Å². The van der Waals surface area contributed by atoms with Gasteiger partial charge >= 0.3 is 11.9 Å². The molecule has 0 aliphatic heterocycles. The second-order valence-electron chi connectivity index (χ2n) is 15.3. The smallest absolute Gasteiger partial charge is 0.306 e. The summed E-state index contributed by atoms with van der Waals surface area (Å²) >= 11 is 0. The van der Waals surface area contributed by atoms with Crippen molar-refractivity contribution in [1.82, 2.24) is 0 Å². The van der Waals surface area contributed by atoms with Gasteiger partial charge in [0.2, 0.25) is 0 Å². The van der Waals surface area contributed by atoms with E-state index >= 15 is 0 Å². The first-order valence-corrected chi connectivity index (χ1v) is 23.5. The minimum Gasteiger partial charge on any atom is -0.462 e. The number of hydrogen-bond donors (Lipinski definition) is 0. The van der Waals surface area contributed by atoms with Crippen molar-refractivity contribution in [2.75, 3.05) is 19.8 Å². The van der Waals surface area contributed by atoms with Gasteiger partial charge in [-0.2, -0.15) is 0 Å². The average molecular weight is 781 g/mol. The summed E-state index contributed by atoms with van der Waals surface area (Å²) in [6.07, 6.45) is 59.2. The first-order chi connectivity index (χ1) is 27.6. The Balaban J connectivity index is 4.37. The summed E-state index contributed by atoms with van der Waals surface area (Å²) in [5.74, 6) is -0.448. The van der Waals surface area contributed by atoms with E-state index < -0.39 is 6.10 Å². The van der Waals surface area contributed by atoms with Crippen LogP contribution in [0, 0.1) is 0 Å². The van der Waals surface area contributed by atoms with E-state index in [1.54, 1.807) is 0 Å². The summed E-state index contributed by atoms with van der Waals surface area (Å²) in [6, 6.07) is 0. The highest BCUT2D eigenvalue weighted by Crippen LogP contribution is 2.14. The third-order valence-corrected chi connectivity index (χ3v) is 9.75. The van der Waals surface area contributed by atoms with Crippen molar-refractivity contribution in [2.45, 2.75) is 219 Å². The molecule has 0 aromatic carbocycles. The Kier molecular flexibility index (Phi) is 44.5. The fourth-order valence-electron chi connectivity index (χ4n) is 6.26. The van der Waals surface area contributed by atoms with Crippen LogP contribution in [0.2, 0.25) is 0 Å². The van der Waals surface area contributed by atoms with Crippen molar-refractivity contribution < 1.29 is 23.8 Å². The zero-order valence-electron chi connectivity index (χ0n) is 36.9. The van der Waals surface area contributed by atoms with Gasteiger partial charge in [-0.15, -0.1) is 0 Å². The number of esters is 2. The van der Waals surface area contributed by atoms with Crippen molar-refractivity contribution >= 4 is 11.9 Å². The Hall–Kier alpha value is -2.66. The molecular weight excluding hydrogens is 693 g/mol. The maximum Gasteiger partial charge on any atom is 0.306 e. The summed E-state index contributed by atoms with van der Waals surface area (Å²) in [7, 11) is 0. The number of rotatable bonds is 42. The third kappa shape index (κ3) is 44.1. The van der Waals surface area contributed by atoms with Crippen LogP contribution < -0.4 is 0 Å². The topological polar surface area (TPSA) is 61.8 Å². The van der Waals surface area contributed by atoms with Crippen molar-refractivity contribution in [3.05, 3.63) is 72.9 Å². The number of carbonyl (C=O) groups excluding carboxylic acids is 2. The lowest BCUT2D eigenvalue weighted by Gasteiger charge is -2.18. The van der Waals surface area contributed by atoms with Crippen LogP contribution in [0.5, 0.6) is 0 Å². The monoisotopic (exact) mass is 781 g/mol. The molecule has 1 unspecified atom stereocenters. The molecule has 0 bridgehead atoms. The molecule has 0 radical (unpaired) electrons. The summed E-state index contributed by atoms with van der Waals surface area (Å²) in [5, 5.41) is 0. The number of ether oxygens (including phenoxy) is 3. The van der Waals surface area contributed by atoms with Gasteiger partial charge in [0.15, 0.2) is 6.10 Å². The van der Waals surface area contributed by atoms with Gasteiger partial charge in [-0.1, -0.05) is 203 Å². The second-order valence-corrected chi connectivity index (χ2v) is 15.3. The molecule has 0 saturated carbocycles. The Morgan fingerprint density at radius 3 is 1.34 bits per heavy atom. The van der Waals surface area contributed by atoms with Crippen molar-refractivity contribution in [3.63, 3.8) is 0 Å². The Labute approximate surface area is 347 Å². The van der Waals surface area contributed by atoms with E-state index in [1.165, 1.54) is 103 Å². The molecule has 0 aliphatic carbocycles. The lowest BCUT2D eigenvalue weighted by molar-refractivity contribution is -0.162. The van der Waals surface area contributed by atoms with Gasteiger partial charge in [0.25, 0.3) is 0 Å². The average Bonchev–Trinajstić information content (AvgIpc) is 3.20. The molecule has 0 spiro atoms. The van der Waals surface area contributed by atoms with Gasteiger partial charge in [-0.25, -0.2) is 0 Å². The van der Waals surface area contributed by atoms with Crippen LogP contribution in [-0.2, 0) is 23.8 Å². The highest BCUT2D eigenvalue weighted by atomic mass is 16.6. The number of allylic oxidation sites excluding steroid dienone is 11. The summed E-state index contributed by atoms with van der Waals surface area (Å²) in [6.45, 7) is 7.46. The molecule has 0 fully saturated rings. The molecular formula is C51H88O5. The highest BCUT2D eigenvalue weighted by molar-refractivity contribution is 5.70. The molecule has 0 saturated heterocycles. The maximum absolute atomic E-state index is 12.7. The van der Waals surface area contributed by atoms with Crippen LogP contribution >= 0.6 is 0 Å². The molecule has 0 aliphatic rings. The predicted molar refractivity (Wildman–Crippen MR) is 242 cm³/mol. The number of hydrogen-bond acceptors (Lipinski definition) is 5. The van der Waals surface area contributed by atoms with Gasteiger partial charge in [-0.05, 0) is 70.6 Å². The molecule has 322 valence electrons. The van der Waals surface area contributed by atoms with Crippen LogP contribution in [0.3, 0.4) is 0 Å². The SMILES string of the molecule is CC/C=C\C/C=C\C/C=C\C/C=C\C/C=C\CCOCC(COC(=O)CCCCCCCCCCCCCCC)OC(=O)CCCCCCC/C=C\CCCC. The molecule has 0 N–H and O–H groups in total. The zero-order valence-corrected chi connectivity index (χ0v) is 36.9. The maximum atomic E-state index is 12.7. The van der Waals surface area contributed by atoms with Crippen LogP contribution in [0.4, 0.5) is 0 Å². The van der Waals surface area contributed by atoms with E-state index in [-0.39, 0.29) is 25.2 Å². The summed E-state index contributed by atoms with van der Waals surface area (Å²) in [5.41, 5.74) is 0. The van der Waals surface area contributed by atoms with Crippen molar-refractivity contribution in [2.24, 2.45) is 0 Å². The Morgan fingerprint density at radius 2 is 0.821 bits per heavy atom. The van der Waals surface area contributed by atoms with E-state index in [0.717, 1.165) is 77.0 Å². The fraction of sp³-hybridized carbons (Fsp3) is 0.725. The summed E-state index contributed by atoms with van der Waals surface area (Å²) in [4.78, 5) is 25.2. The molecule has 0 heterocycles. The first-order valence-electron chi connectivity index (χ1n) is 23.5. The molecule has 56 heavy (non-hydrogen) atoms. The molecule has 1 atom stereocenters. The van der Waals surface area contributed by atoms with Crippen LogP contribution in [0.25, 0.3) is 0 Å². The third-order valence-electron chi connectivity index (χ3n) is 9.75. The molecule has 0 aromatic rings. The summed E-state index contributed by atoms with van der Waals surface area (Å²) < 4.78 is 17.2. The molecule has 0 aromatic heterocycles. The highest BCUT2D eigenvalue weighted by Gasteiger charge is 2.17. The first kappa shape index (κ1) is 53.3. The van der Waals surface area contributed by atoms with Gasteiger partial charge in [-0.3, -0.25) is 9.59 Å². The normalized spacial score (nSPS) is 12.8. The second kappa shape index (κ2) is 46.7. The molecule has 0 rings (SSSR count). The van der Waals surface area contributed by atoms with E-state index in [0.29, 0.717) is 19.4 Å². The lowest BCUT2D eigenvalue weighted by atomic mass is 10.0. The van der Waals surface area contributed by atoms with E-state index in [4.69, 9.17) is 14.2 Å². The molecule has 5 heteroatoms.